The Labute approximate surface area is 157 Å². The number of nitrogens with one attached hydrogen (secondary N) is 1. The predicted octanol–water partition coefficient (Wildman–Crippen LogP) is 1.72. The summed E-state index contributed by atoms with van der Waals surface area (Å²) in [7, 11) is 0. The van der Waals surface area contributed by atoms with Gasteiger partial charge >= 0.3 is 0 Å². The van der Waals surface area contributed by atoms with Crippen LogP contribution >= 0.6 is 0 Å². The Morgan fingerprint density at radius 1 is 1.15 bits per heavy atom. The lowest BCUT2D eigenvalue weighted by atomic mass is 10.1. The number of para-hydroxylation sites is 2. The molecular weight excluding hydrogens is 350 g/mol. The van der Waals surface area contributed by atoms with Gasteiger partial charge in [0.25, 0.3) is 0 Å². The second-order valence-electron chi connectivity index (χ2n) is 6.55. The van der Waals surface area contributed by atoms with E-state index in [9.17, 15) is 5.11 Å². The molecule has 7 nitrogen and oxygen atoms in total. The summed E-state index contributed by atoms with van der Waals surface area (Å²) in [5, 5.41) is 13.3. The molecule has 2 aliphatic rings. The second kappa shape index (κ2) is 8.47. The number of hydrogen-bond acceptors (Lipinski definition) is 7. The fourth-order valence-corrected chi connectivity index (χ4v) is 3.00. The van der Waals surface area contributed by atoms with E-state index in [1.807, 2.05) is 36.4 Å². The standard InChI is InChI=1S/C20H23NO6/c22-15(12-23-16-5-6-18-14(9-16)7-8-25-27-18)10-21-11-17-13-24-19-3-1-2-4-20(19)26-17/h1-6,9,15,17,21-22H,7-8,10-13H2. The molecular formula is C20H23NO6. The zero-order valence-corrected chi connectivity index (χ0v) is 14.9. The summed E-state index contributed by atoms with van der Waals surface area (Å²) in [6, 6.07) is 13.1. The lowest BCUT2D eigenvalue weighted by Crippen LogP contribution is -2.41. The Bertz CT molecular complexity index is 768. The van der Waals surface area contributed by atoms with Crippen molar-refractivity contribution >= 4 is 0 Å². The highest BCUT2D eigenvalue weighted by atomic mass is 17.2. The van der Waals surface area contributed by atoms with E-state index in [2.05, 4.69) is 5.32 Å². The van der Waals surface area contributed by atoms with Crippen LogP contribution in [-0.4, -0.2) is 50.2 Å². The van der Waals surface area contributed by atoms with Gasteiger partial charge in [-0.2, -0.15) is 4.89 Å². The molecule has 2 N–H and O–H groups in total. The first kappa shape index (κ1) is 17.9. The van der Waals surface area contributed by atoms with E-state index in [4.69, 9.17) is 24.0 Å². The molecule has 0 fully saturated rings. The second-order valence-corrected chi connectivity index (χ2v) is 6.55. The molecule has 2 heterocycles. The molecule has 0 bridgehead atoms. The summed E-state index contributed by atoms with van der Waals surface area (Å²) in [4.78, 5) is 10.0. The van der Waals surface area contributed by atoms with Gasteiger partial charge in [-0.15, -0.1) is 0 Å². The maximum atomic E-state index is 10.1. The summed E-state index contributed by atoms with van der Waals surface area (Å²) in [6.45, 7) is 2.21. The molecule has 0 saturated heterocycles. The van der Waals surface area contributed by atoms with Crippen LogP contribution in [0.15, 0.2) is 42.5 Å². The monoisotopic (exact) mass is 373 g/mol. The van der Waals surface area contributed by atoms with Crippen LogP contribution in [-0.2, 0) is 11.3 Å². The topological polar surface area (TPSA) is 78.4 Å². The summed E-state index contributed by atoms with van der Waals surface area (Å²) < 4.78 is 17.2. The lowest BCUT2D eigenvalue weighted by molar-refractivity contribution is -0.215. The van der Waals surface area contributed by atoms with Gasteiger partial charge in [0.1, 0.15) is 31.2 Å². The third-order valence-corrected chi connectivity index (χ3v) is 4.40. The van der Waals surface area contributed by atoms with Crippen molar-refractivity contribution in [1.29, 1.82) is 0 Å². The Morgan fingerprint density at radius 2 is 2.04 bits per heavy atom. The van der Waals surface area contributed by atoms with Crippen molar-refractivity contribution in [1.82, 2.24) is 5.32 Å². The van der Waals surface area contributed by atoms with Crippen molar-refractivity contribution in [2.24, 2.45) is 0 Å². The van der Waals surface area contributed by atoms with Crippen LogP contribution in [0.2, 0.25) is 0 Å². The minimum atomic E-state index is -0.627. The molecule has 2 aromatic carbocycles. The predicted molar refractivity (Wildman–Crippen MR) is 97.5 cm³/mol. The Kier molecular flexibility index (Phi) is 5.62. The first-order valence-corrected chi connectivity index (χ1v) is 9.10. The zero-order chi connectivity index (χ0) is 18.5. The SMILES string of the molecule is OC(CNCC1COc2ccccc2O1)COc1ccc2c(c1)CCOO2. The van der Waals surface area contributed by atoms with Gasteiger partial charge in [-0.3, -0.25) is 0 Å². The number of benzene rings is 2. The zero-order valence-electron chi connectivity index (χ0n) is 14.9. The first-order valence-electron chi connectivity index (χ1n) is 9.10. The maximum Gasteiger partial charge on any atom is 0.168 e. The average molecular weight is 373 g/mol. The fourth-order valence-electron chi connectivity index (χ4n) is 3.00. The molecule has 2 unspecified atom stereocenters. The number of ether oxygens (including phenoxy) is 3. The van der Waals surface area contributed by atoms with E-state index in [-0.39, 0.29) is 12.7 Å². The van der Waals surface area contributed by atoms with Crippen LogP contribution in [0, 0.1) is 0 Å². The number of fused-ring (bicyclic) bond motifs is 2. The van der Waals surface area contributed by atoms with Crippen molar-refractivity contribution in [3.05, 3.63) is 48.0 Å². The Hall–Kier alpha value is -2.48. The van der Waals surface area contributed by atoms with E-state index in [0.29, 0.717) is 37.8 Å². The van der Waals surface area contributed by atoms with Crippen LogP contribution in [0.5, 0.6) is 23.0 Å². The van der Waals surface area contributed by atoms with Gasteiger partial charge in [0, 0.05) is 25.1 Å². The van der Waals surface area contributed by atoms with Crippen LogP contribution in [0.3, 0.4) is 0 Å². The normalized spacial score (nSPS) is 18.9. The molecule has 144 valence electrons. The average Bonchev–Trinajstić information content (AvgIpc) is 2.72. The van der Waals surface area contributed by atoms with Gasteiger partial charge in [0.2, 0.25) is 0 Å². The lowest BCUT2D eigenvalue weighted by Gasteiger charge is -2.27. The van der Waals surface area contributed by atoms with E-state index in [0.717, 1.165) is 23.5 Å². The minimum absolute atomic E-state index is 0.0871. The molecule has 4 rings (SSSR count). The summed E-state index contributed by atoms with van der Waals surface area (Å²) in [6.07, 6.45) is 0.0664. The molecule has 7 heteroatoms. The van der Waals surface area contributed by atoms with Crippen LogP contribution in [0.25, 0.3) is 0 Å². The third-order valence-electron chi connectivity index (χ3n) is 4.40. The third kappa shape index (κ3) is 4.63. The Morgan fingerprint density at radius 3 is 2.96 bits per heavy atom. The van der Waals surface area contributed by atoms with Crippen molar-refractivity contribution in [2.45, 2.75) is 18.6 Å². The highest BCUT2D eigenvalue weighted by molar-refractivity contribution is 5.41. The number of hydrogen-bond donors (Lipinski definition) is 2. The summed E-state index contributed by atoms with van der Waals surface area (Å²) in [5.41, 5.74) is 1.04. The summed E-state index contributed by atoms with van der Waals surface area (Å²) in [5.74, 6) is 2.94. The van der Waals surface area contributed by atoms with Crippen LogP contribution < -0.4 is 24.4 Å². The maximum absolute atomic E-state index is 10.1. The van der Waals surface area contributed by atoms with E-state index >= 15 is 0 Å². The molecule has 27 heavy (non-hydrogen) atoms. The van der Waals surface area contributed by atoms with Crippen molar-refractivity contribution in [3.63, 3.8) is 0 Å². The number of aliphatic hydroxyl groups excluding tert-OH is 1. The molecule has 2 atom stereocenters. The van der Waals surface area contributed by atoms with Gasteiger partial charge in [0.05, 0.1) is 6.61 Å². The first-order chi connectivity index (χ1) is 13.3. The fraction of sp³-hybridized carbons (Fsp3) is 0.400. The highest BCUT2D eigenvalue weighted by Crippen LogP contribution is 2.30. The van der Waals surface area contributed by atoms with Gasteiger partial charge in [-0.05, 0) is 30.3 Å². The molecule has 0 radical (unpaired) electrons. The van der Waals surface area contributed by atoms with E-state index < -0.39 is 6.10 Å². The molecule has 0 aliphatic carbocycles. The van der Waals surface area contributed by atoms with Crippen molar-refractivity contribution < 1.29 is 29.1 Å². The van der Waals surface area contributed by atoms with Crippen molar-refractivity contribution in [3.8, 4) is 23.0 Å². The largest absolute Gasteiger partial charge is 0.491 e. The number of aliphatic hydroxyl groups is 1. The number of rotatable bonds is 7. The quantitative estimate of drug-likeness (QED) is 0.716. The van der Waals surface area contributed by atoms with Crippen LogP contribution in [0.4, 0.5) is 0 Å². The van der Waals surface area contributed by atoms with Gasteiger partial charge in [0.15, 0.2) is 17.2 Å². The molecule has 0 saturated carbocycles. The molecule has 0 spiro atoms. The molecule has 2 aliphatic heterocycles. The van der Waals surface area contributed by atoms with Gasteiger partial charge in [-0.25, -0.2) is 0 Å². The van der Waals surface area contributed by atoms with E-state index in [1.165, 1.54) is 0 Å². The smallest absolute Gasteiger partial charge is 0.168 e. The Balaban J connectivity index is 1.18. The van der Waals surface area contributed by atoms with E-state index in [1.54, 1.807) is 6.07 Å². The van der Waals surface area contributed by atoms with Crippen LogP contribution in [0.1, 0.15) is 5.56 Å². The van der Waals surface area contributed by atoms with Crippen molar-refractivity contribution in [2.75, 3.05) is 32.9 Å². The minimum Gasteiger partial charge on any atom is -0.491 e. The summed E-state index contributed by atoms with van der Waals surface area (Å²) >= 11 is 0. The van der Waals surface area contributed by atoms with Gasteiger partial charge < -0.3 is 29.5 Å². The molecule has 0 amide bonds. The molecule has 0 aromatic heterocycles. The van der Waals surface area contributed by atoms with Gasteiger partial charge in [-0.1, -0.05) is 12.1 Å². The molecule has 2 aromatic rings. The highest BCUT2D eigenvalue weighted by Gasteiger charge is 2.20.